The molecular formula is C10H21N. The van der Waals surface area contributed by atoms with E-state index in [0.717, 1.165) is 12.0 Å². The molecule has 0 radical (unpaired) electrons. The van der Waals surface area contributed by atoms with Crippen molar-refractivity contribution in [2.75, 3.05) is 13.1 Å². The van der Waals surface area contributed by atoms with Crippen molar-refractivity contribution in [2.24, 2.45) is 5.92 Å². The number of hydrogen-bond acceptors (Lipinski definition) is 1. The Bertz CT molecular complexity index is 109. The van der Waals surface area contributed by atoms with E-state index in [1.165, 1.54) is 32.4 Å². The second kappa shape index (κ2) is 4.10. The molecule has 0 spiro atoms. The zero-order valence-electron chi connectivity index (χ0n) is 8.14. The van der Waals surface area contributed by atoms with Crippen LogP contribution >= 0.6 is 0 Å². The van der Waals surface area contributed by atoms with E-state index < -0.39 is 0 Å². The van der Waals surface area contributed by atoms with E-state index in [-0.39, 0.29) is 0 Å². The molecule has 1 fully saturated rings. The van der Waals surface area contributed by atoms with E-state index in [1.807, 2.05) is 0 Å². The molecule has 0 unspecified atom stereocenters. The van der Waals surface area contributed by atoms with Gasteiger partial charge in [0.2, 0.25) is 0 Å². The van der Waals surface area contributed by atoms with E-state index in [1.54, 1.807) is 0 Å². The minimum Gasteiger partial charge on any atom is -0.301 e. The van der Waals surface area contributed by atoms with Crippen LogP contribution in [0, 0.1) is 5.92 Å². The van der Waals surface area contributed by atoms with E-state index in [2.05, 4.69) is 25.7 Å². The summed E-state index contributed by atoms with van der Waals surface area (Å²) >= 11 is 0. The molecule has 0 amide bonds. The standard InChI is InChI=1S/C10H21N/c1-4-10-6-5-7-11(8-10)9(2)3/h9-10H,4-8H2,1-3H3/t10-/m0/s1. The third kappa shape index (κ3) is 2.48. The van der Waals surface area contributed by atoms with Crippen molar-refractivity contribution in [1.82, 2.24) is 4.90 Å². The van der Waals surface area contributed by atoms with Gasteiger partial charge in [0.15, 0.2) is 0 Å². The minimum absolute atomic E-state index is 0.754. The first-order valence-corrected chi connectivity index (χ1v) is 4.98. The Morgan fingerprint density at radius 1 is 1.45 bits per heavy atom. The van der Waals surface area contributed by atoms with Crippen LogP contribution in [0.25, 0.3) is 0 Å². The van der Waals surface area contributed by atoms with Crippen LogP contribution in [-0.4, -0.2) is 24.0 Å². The monoisotopic (exact) mass is 155 g/mol. The van der Waals surface area contributed by atoms with Crippen molar-refractivity contribution < 1.29 is 0 Å². The molecule has 1 heteroatoms. The zero-order chi connectivity index (χ0) is 8.27. The topological polar surface area (TPSA) is 3.24 Å². The Hall–Kier alpha value is -0.0400. The predicted molar refractivity (Wildman–Crippen MR) is 49.7 cm³/mol. The molecule has 0 N–H and O–H groups in total. The van der Waals surface area contributed by atoms with Crippen molar-refractivity contribution in [3.63, 3.8) is 0 Å². The molecule has 0 saturated carbocycles. The van der Waals surface area contributed by atoms with Gasteiger partial charge in [0, 0.05) is 12.6 Å². The van der Waals surface area contributed by atoms with E-state index in [9.17, 15) is 0 Å². The largest absolute Gasteiger partial charge is 0.301 e. The molecular weight excluding hydrogens is 134 g/mol. The van der Waals surface area contributed by atoms with Crippen LogP contribution in [0.1, 0.15) is 40.0 Å². The molecule has 1 atom stereocenters. The summed E-state index contributed by atoms with van der Waals surface area (Å²) in [6, 6.07) is 0.754. The Kier molecular flexibility index (Phi) is 3.38. The van der Waals surface area contributed by atoms with Crippen LogP contribution in [-0.2, 0) is 0 Å². The summed E-state index contributed by atoms with van der Waals surface area (Å²) in [5, 5.41) is 0. The summed E-state index contributed by atoms with van der Waals surface area (Å²) in [7, 11) is 0. The fraction of sp³-hybridized carbons (Fsp3) is 1.00. The Labute approximate surface area is 70.8 Å². The van der Waals surface area contributed by atoms with Crippen LogP contribution in [0.5, 0.6) is 0 Å². The van der Waals surface area contributed by atoms with Crippen molar-refractivity contribution in [1.29, 1.82) is 0 Å². The lowest BCUT2D eigenvalue weighted by molar-refractivity contribution is 0.138. The second-order valence-electron chi connectivity index (χ2n) is 4.01. The van der Waals surface area contributed by atoms with Crippen LogP contribution in [0.4, 0.5) is 0 Å². The van der Waals surface area contributed by atoms with E-state index >= 15 is 0 Å². The molecule has 0 aromatic rings. The molecule has 1 aliphatic heterocycles. The van der Waals surface area contributed by atoms with Crippen LogP contribution in [0.3, 0.4) is 0 Å². The first kappa shape index (κ1) is 9.05. The fourth-order valence-electron chi connectivity index (χ4n) is 1.90. The SMILES string of the molecule is CC[C@H]1CCCN(C(C)C)C1. The zero-order valence-corrected chi connectivity index (χ0v) is 8.14. The maximum atomic E-state index is 2.61. The summed E-state index contributed by atoms with van der Waals surface area (Å²) < 4.78 is 0. The summed E-state index contributed by atoms with van der Waals surface area (Å²) in [6.45, 7) is 9.59. The fourth-order valence-corrected chi connectivity index (χ4v) is 1.90. The van der Waals surface area contributed by atoms with Crippen molar-refractivity contribution in [2.45, 2.75) is 46.1 Å². The summed E-state index contributed by atoms with van der Waals surface area (Å²) in [4.78, 5) is 2.61. The maximum Gasteiger partial charge on any atom is 0.00387 e. The molecule has 0 bridgehead atoms. The number of hydrogen-bond donors (Lipinski definition) is 0. The normalized spacial score (nSPS) is 27.8. The van der Waals surface area contributed by atoms with Gasteiger partial charge < -0.3 is 4.90 Å². The molecule has 11 heavy (non-hydrogen) atoms. The van der Waals surface area contributed by atoms with Gasteiger partial charge in [0.05, 0.1) is 0 Å². The minimum atomic E-state index is 0.754. The maximum absolute atomic E-state index is 2.61. The molecule has 0 aliphatic carbocycles. The van der Waals surface area contributed by atoms with E-state index in [4.69, 9.17) is 0 Å². The lowest BCUT2D eigenvalue weighted by Crippen LogP contribution is -2.39. The average molecular weight is 155 g/mol. The predicted octanol–water partition coefficient (Wildman–Crippen LogP) is 2.52. The first-order valence-electron chi connectivity index (χ1n) is 4.98. The van der Waals surface area contributed by atoms with Gasteiger partial charge in [-0.15, -0.1) is 0 Å². The van der Waals surface area contributed by atoms with Crippen LogP contribution in [0.2, 0.25) is 0 Å². The van der Waals surface area contributed by atoms with Gasteiger partial charge >= 0.3 is 0 Å². The van der Waals surface area contributed by atoms with Crippen LogP contribution < -0.4 is 0 Å². The van der Waals surface area contributed by atoms with Crippen LogP contribution in [0.15, 0.2) is 0 Å². The van der Waals surface area contributed by atoms with Gasteiger partial charge in [-0.25, -0.2) is 0 Å². The Balaban J connectivity index is 2.33. The highest BCUT2D eigenvalue weighted by atomic mass is 15.1. The molecule has 1 nitrogen and oxygen atoms in total. The Morgan fingerprint density at radius 2 is 2.18 bits per heavy atom. The molecule has 0 aromatic heterocycles. The molecule has 1 heterocycles. The lowest BCUT2D eigenvalue weighted by Gasteiger charge is -2.34. The average Bonchev–Trinajstić information content (AvgIpc) is 2.05. The van der Waals surface area contributed by atoms with Gasteiger partial charge in [-0.1, -0.05) is 13.3 Å². The summed E-state index contributed by atoms with van der Waals surface area (Å²) in [5.74, 6) is 0.978. The molecule has 66 valence electrons. The number of piperidine rings is 1. The van der Waals surface area contributed by atoms with Gasteiger partial charge in [-0.3, -0.25) is 0 Å². The van der Waals surface area contributed by atoms with Gasteiger partial charge in [-0.05, 0) is 39.2 Å². The number of nitrogens with zero attached hydrogens (tertiary/aromatic N) is 1. The number of rotatable bonds is 2. The van der Waals surface area contributed by atoms with Gasteiger partial charge in [-0.2, -0.15) is 0 Å². The van der Waals surface area contributed by atoms with Gasteiger partial charge in [0.1, 0.15) is 0 Å². The Morgan fingerprint density at radius 3 is 2.73 bits per heavy atom. The molecule has 0 aromatic carbocycles. The lowest BCUT2D eigenvalue weighted by atomic mass is 9.95. The molecule has 1 saturated heterocycles. The van der Waals surface area contributed by atoms with Crippen molar-refractivity contribution in [3.05, 3.63) is 0 Å². The highest BCUT2D eigenvalue weighted by Gasteiger charge is 2.19. The summed E-state index contributed by atoms with van der Waals surface area (Å²) in [6.07, 6.45) is 4.24. The quantitative estimate of drug-likeness (QED) is 0.592. The highest BCUT2D eigenvalue weighted by Crippen LogP contribution is 2.20. The first-order chi connectivity index (χ1) is 5.24. The summed E-state index contributed by atoms with van der Waals surface area (Å²) in [5.41, 5.74) is 0. The number of likely N-dealkylation sites (tertiary alicyclic amines) is 1. The van der Waals surface area contributed by atoms with E-state index in [0.29, 0.717) is 0 Å². The highest BCUT2D eigenvalue weighted by molar-refractivity contribution is 4.73. The van der Waals surface area contributed by atoms with Gasteiger partial charge in [0.25, 0.3) is 0 Å². The van der Waals surface area contributed by atoms with Crippen molar-refractivity contribution >= 4 is 0 Å². The third-order valence-electron chi connectivity index (χ3n) is 2.86. The smallest absolute Gasteiger partial charge is 0.00387 e. The second-order valence-corrected chi connectivity index (χ2v) is 4.01. The molecule has 1 aliphatic rings. The van der Waals surface area contributed by atoms with Crippen molar-refractivity contribution in [3.8, 4) is 0 Å². The third-order valence-corrected chi connectivity index (χ3v) is 2.86. The molecule has 1 rings (SSSR count).